The summed E-state index contributed by atoms with van der Waals surface area (Å²) in [6, 6.07) is 5.69. The minimum absolute atomic E-state index is 0.0718. The number of rotatable bonds is 5. The number of piperidine rings is 1. The van der Waals surface area contributed by atoms with E-state index < -0.39 is 9.84 Å². The fourth-order valence-electron chi connectivity index (χ4n) is 6.30. The van der Waals surface area contributed by atoms with Crippen LogP contribution in [-0.2, 0) is 25.1 Å². The lowest BCUT2D eigenvalue weighted by Gasteiger charge is -2.36. The molecule has 4 aliphatic heterocycles. The summed E-state index contributed by atoms with van der Waals surface area (Å²) in [6.45, 7) is 11.2. The predicted molar refractivity (Wildman–Crippen MR) is 142 cm³/mol. The Hall–Kier alpha value is -2.31. The fourth-order valence-corrected chi connectivity index (χ4v) is 8.16. The number of hydrogen-bond acceptors (Lipinski definition) is 8. The van der Waals surface area contributed by atoms with Gasteiger partial charge in [-0.25, -0.2) is 8.42 Å². The summed E-state index contributed by atoms with van der Waals surface area (Å²) in [6.07, 6.45) is 1.98. The zero-order valence-corrected chi connectivity index (χ0v) is 22.9. The first-order valence-corrected chi connectivity index (χ1v) is 15.4. The summed E-state index contributed by atoms with van der Waals surface area (Å²) < 4.78 is 39.9. The highest BCUT2D eigenvalue weighted by Crippen LogP contribution is 2.43. The van der Waals surface area contributed by atoms with E-state index in [1.54, 1.807) is 4.90 Å². The second kappa shape index (κ2) is 10.7. The molecule has 4 aliphatic rings. The fraction of sp³-hybridized carbons (Fsp3) is 0.630. The molecule has 0 N–H and O–H groups in total. The molecule has 10 nitrogen and oxygen atoms in total. The number of nitrogens with zero attached hydrogens (tertiary/aromatic N) is 5. The Morgan fingerprint density at radius 1 is 1.00 bits per heavy atom. The number of fused-ring (bicyclic) bond motifs is 3. The number of sulfone groups is 1. The standard InChI is InChI=1S/C27H37N5O5S/c1-20-4-2-6-22-25-23(19-38(34,35)26(20)22)24(27(33)31-12-16-37-17-13-31)28-32(25)21-5-3-7-30(18-21)9-8-29-10-14-36-15-11-29/h2,4,6,21H,3,5,7-19H2,1H3/t21-/m0/s1. The third-order valence-corrected chi connectivity index (χ3v) is 10.1. The van der Waals surface area contributed by atoms with Gasteiger partial charge in [0.1, 0.15) is 0 Å². The third kappa shape index (κ3) is 4.90. The van der Waals surface area contributed by atoms with Crippen LogP contribution in [0.2, 0.25) is 0 Å². The van der Waals surface area contributed by atoms with Crippen LogP contribution in [0.1, 0.15) is 40.5 Å². The number of aryl methyl sites for hydroxylation is 1. The molecule has 1 aromatic heterocycles. The zero-order valence-electron chi connectivity index (χ0n) is 22.1. The quantitative estimate of drug-likeness (QED) is 0.561. The predicted octanol–water partition coefficient (Wildman–Crippen LogP) is 1.59. The van der Waals surface area contributed by atoms with Crippen molar-refractivity contribution in [1.82, 2.24) is 24.5 Å². The Balaban J connectivity index is 1.36. The van der Waals surface area contributed by atoms with Gasteiger partial charge in [0.05, 0.1) is 48.8 Å². The highest BCUT2D eigenvalue weighted by molar-refractivity contribution is 7.91. The molecule has 1 amide bonds. The average Bonchev–Trinajstić information content (AvgIpc) is 3.31. The molecule has 11 heteroatoms. The molecule has 3 fully saturated rings. The first-order valence-electron chi connectivity index (χ1n) is 13.8. The van der Waals surface area contributed by atoms with E-state index in [-0.39, 0.29) is 23.4 Å². The largest absolute Gasteiger partial charge is 0.379 e. The van der Waals surface area contributed by atoms with Crippen molar-refractivity contribution in [3.8, 4) is 11.3 Å². The first-order chi connectivity index (χ1) is 18.4. The molecular formula is C27H37N5O5S. The van der Waals surface area contributed by atoms with E-state index >= 15 is 0 Å². The summed E-state index contributed by atoms with van der Waals surface area (Å²) >= 11 is 0. The molecule has 0 bridgehead atoms. The zero-order chi connectivity index (χ0) is 26.3. The van der Waals surface area contributed by atoms with E-state index in [1.165, 1.54) is 0 Å². The number of carbonyl (C=O) groups is 1. The van der Waals surface area contributed by atoms with Gasteiger partial charge in [0.25, 0.3) is 5.91 Å². The normalized spacial score (nSPS) is 24.1. The van der Waals surface area contributed by atoms with Crippen molar-refractivity contribution in [3.05, 3.63) is 35.0 Å². The van der Waals surface area contributed by atoms with E-state index in [0.717, 1.165) is 76.6 Å². The topological polar surface area (TPSA) is 97.2 Å². The number of benzene rings is 1. The molecule has 0 spiro atoms. The van der Waals surface area contributed by atoms with Crippen molar-refractivity contribution in [2.45, 2.75) is 36.5 Å². The van der Waals surface area contributed by atoms with Crippen molar-refractivity contribution in [1.29, 1.82) is 0 Å². The highest BCUT2D eigenvalue weighted by atomic mass is 32.2. The second-order valence-electron chi connectivity index (χ2n) is 10.8. The molecule has 1 aromatic carbocycles. The maximum absolute atomic E-state index is 13.7. The average molecular weight is 544 g/mol. The molecule has 3 saturated heterocycles. The van der Waals surface area contributed by atoms with Crippen LogP contribution >= 0.6 is 0 Å². The van der Waals surface area contributed by atoms with Crippen molar-refractivity contribution >= 4 is 15.7 Å². The Labute approximate surface area is 224 Å². The van der Waals surface area contributed by atoms with Crippen molar-refractivity contribution in [2.24, 2.45) is 0 Å². The molecule has 0 radical (unpaired) electrons. The summed E-state index contributed by atoms with van der Waals surface area (Å²) in [5, 5.41) is 4.94. The van der Waals surface area contributed by atoms with E-state index in [2.05, 4.69) is 9.80 Å². The van der Waals surface area contributed by atoms with Gasteiger partial charge in [-0.05, 0) is 31.9 Å². The van der Waals surface area contributed by atoms with E-state index in [4.69, 9.17) is 14.6 Å². The van der Waals surface area contributed by atoms with Crippen LogP contribution < -0.4 is 0 Å². The molecule has 1 atom stereocenters. The summed E-state index contributed by atoms with van der Waals surface area (Å²) in [7, 11) is -3.60. The van der Waals surface area contributed by atoms with Gasteiger partial charge in [0, 0.05) is 56.9 Å². The van der Waals surface area contributed by atoms with Gasteiger partial charge in [-0.1, -0.05) is 18.2 Å². The molecule has 5 heterocycles. The van der Waals surface area contributed by atoms with E-state index in [0.29, 0.717) is 42.3 Å². The second-order valence-corrected chi connectivity index (χ2v) is 12.7. The van der Waals surface area contributed by atoms with Crippen LogP contribution in [0.15, 0.2) is 23.1 Å². The molecule has 6 rings (SSSR count). The lowest BCUT2D eigenvalue weighted by Crippen LogP contribution is -2.44. The lowest BCUT2D eigenvalue weighted by atomic mass is 10.0. The Bertz CT molecular complexity index is 1300. The van der Waals surface area contributed by atoms with Gasteiger partial charge in [-0.3, -0.25) is 19.3 Å². The van der Waals surface area contributed by atoms with Crippen molar-refractivity contribution < 1.29 is 22.7 Å². The molecule has 0 saturated carbocycles. The van der Waals surface area contributed by atoms with Gasteiger partial charge in [-0.15, -0.1) is 0 Å². The number of likely N-dealkylation sites (tertiary alicyclic amines) is 1. The molecule has 38 heavy (non-hydrogen) atoms. The van der Waals surface area contributed by atoms with Gasteiger partial charge in [0.2, 0.25) is 0 Å². The number of ether oxygens (including phenoxy) is 2. The molecule has 0 unspecified atom stereocenters. The Morgan fingerprint density at radius 2 is 1.71 bits per heavy atom. The maximum atomic E-state index is 13.7. The number of hydrogen-bond donors (Lipinski definition) is 0. The van der Waals surface area contributed by atoms with Crippen LogP contribution in [-0.4, -0.2) is 118 Å². The first kappa shape index (κ1) is 25.9. The highest BCUT2D eigenvalue weighted by Gasteiger charge is 2.39. The van der Waals surface area contributed by atoms with E-state index in [1.807, 2.05) is 29.8 Å². The number of carbonyl (C=O) groups excluding carboxylic acids is 1. The summed E-state index contributed by atoms with van der Waals surface area (Å²) in [5.41, 5.74) is 3.03. The van der Waals surface area contributed by atoms with Crippen LogP contribution in [0.4, 0.5) is 0 Å². The van der Waals surface area contributed by atoms with Crippen LogP contribution in [0.25, 0.3) is 11.3 Å². The molecule has 206 valence electrons. The number of aromatic nitrogens is 2. The molecule has 0 aliphatic carbocycles. The van der Waals surface area contributed by atoms with Gasteiger partial charge in [0.15, 0.2) is 15.5 Å². The van der Waals surface area contributed by atoms with E-state index in [9.17, 15) is 13.2 Å². The lowest BCUT2D eigenvalue weighted by molar-refractivity contribution is 0.0294. The third-order valence-electron chi connectivity index (χ3n) is 8.28. The minimum atomic E-state index is -3.60. The summed E-state index contributed by atoms with van der Waals surface area (Å²) in [4.78, 5) is 20.7. The smallest absolute Gasteiger partial charge is 0.274 e. The van der Waals surface area contributed by atoms with Gasteiger partial charge < -0.3 is 14.4 Å². The Morgan fingerprint density at radius 3 is 2.47 bits per heavy atom. The Kier molecular flexibility index (Phi) is 7.30. The van der Waals surface area contributed by atoms with Crippen molar-refractivity contribution in [2.75, 3.05) is 78.8 Å². The van der Waals surface area contributed by atoms with Crippen molar-refractivity contribution in [3.63, 3.8) is 0 Å². The number of amides is 1. The van der Waals surface area contributed by atoms with Crippen LogP contribution in [0, 0.1) is 6.92 Å². The molecule has 2 aromatic rings. The van der Waals surface area contributed by atoms with Gasteiger partial charge >= 0.3 is 0 Å². The number of morpholine rings is 2. The maximum Gasteiger partial charge on any atom is 0.274 e. The molecular weight excluding hydrogens is 506 g/mol. The van der Waals surface area contributed by atoms with Crippen LogP contribution in [0.3, 0.4) is 0 Å². The monoisotopic (exact) mass is 543 g/mol. The van der Waals surface area contributed by atoms with Crippen LogP contribution in [0.5, 0.6) is 0 Å². The minimum Gasteiger partial charge on any atom is -0.379 e. The summed E-state index contributed by atoms with van der Waals surface area (Å²) in [5.74, 6) is -0.395. The SMILES string of the molecule is Cc1cccc2c1S(=O)(=O)Cc1c(C(=O)N3CCOCC3)nn([C@H]3CCCN(CCN4CCOCC4)C3)c1-2. The van der Waals surface area contributed by atoms with Gasteiger partial charge in [-0.2, -0.15) is 5.10 Å².